The molecule has 0 saturated heterocycles. The second-order valence-electron chi connectivity index (χ2n) is 3.56. The molecule has 0 aliphatic rings. The Morgan fingerprint density at radius 2 is 2.12 bits per heavy atom. The summed E-state index contributed by atoms with van der Waals surface area (Å²) in [5.74, 6) is -0.237. The third-order valence-electron chi connectivity index (χ3n) is 2.21. The first-order valence-electron chi connectivity index (χ1n) is 5.37. The van der Waals surface area contributed by atoms with Crippen LogP contribution in [0.2, 0.25) is 0 Å². The van der Waals surface area contributed by atoms with Gasteiger partial charge in [-0.05, 0) is 18.9 Å². The van der Waals surface area contributed by atoms with Gasteiger partial charge in [0.2, 0.25) is 5.91 Å². The first kappa shape index (κ1) is 12.3. The number of aromatic nitrogens is 1. The number of carbonyl (C=O) groups excluding carboxylic acids is 1. The quantitative estimate of drug-likeness (QED) is 0.605. The Hall–Kier alpha value is -1.78. The van der Waals surface area contributed by atoms with E-state index in [9.17, 15) is 4.79 Å². The van der Waals surface area contributed by atoms with Gasteiger partial charge in [0, 0.05) is 20.0 Å². The number of anilines is 2. The van der Waals surface area contributed by atoms with E-state index in [4.69, 9.17) is 5.73 Å². The second kappa shape index (κ2) is 6.66. The summed E-state index contributed by atoms with van der Waals surface area (Å²) in [4.78, 5) is 14.6. The summed E-state index contributed by atoms with van der Waals surface area (Å²) >= 11 is 0. The monoisotopic (exact) mass is 222 g/mol. The van der Waals surface area contributed by atoms with Crippen molar-refractivity contribution >= 4 is 17.3 Å². The molecule has 16 heavy (non-hydrogen) atoms. The number of nitrogens with zero attached hydrogens (tertiary/aromatic N) is 1. The van der Waals surface area contributed by atoms with Gasteiger partial charge in [-0.2, -0.15) is 0 Å². The van der Waals surface area contributed by atoms with E-state index in [1.54, 1.807) is 12.4 Å². The van der Waals surface area contributed by atoms with Crippen molar-refractivity contribution < 1.29 is 4.79 Å². The zero-order chi connectivity index (χ0) is 11.8. The molecule has 0 saturated carbocycles. The van der Waals surface area contributed by atoms with E-state index < -0.39 is 0 Å². The van der Waals surface area contributed by atoms with Crippen molar-refractivity contribution in [2.75, 3.05) is 24.2 Å². The Bertz CT molecular complexity index is 341. The molecule has 0 spiro atoms. The maximum Gasteiger partial charge on any atom is 0.217 e. The Morgan fingerprint density at radius 1 is 1.38 bits per heavy atom. The predicted octanol–water partition coefficient (Wildman–Crippen LogP) is 1.19. The molecule has 0 atom stereocenters. The molecule has 0 fully saturated rings. The molecule has 1 heterocycles. The molecule has 0 aliphatic heterocycles. The van der Waals surface area contributed by atoms with E-state index in [1.165, 1.54) is 0 Å². The molecule has 5 nitrogen and oxygen atoms in total. The SMILES string of the molecule is CNc1cncc(NCCCCC(N)=O)c1. The van der Waals surface area contributed by atoms with Crippen LogP contribution in [0.1, 0.15) is 19.3 Å². The number of carbonyl (C=O) groups is 1. The standard InChI is InChI=1S/C11H18N4O/c1-13-9-6-10(8-14-7-9)15-5-3-2-4-11(12)16/h6-8,13,15H,2-5H2,1H3,(H2,12,16). The Kier molecular flexibility index (Phi) is 5.11. The number of rotatable bonds is 7. The molecule has 1 amide bonds. The number of hydrogen-bond acceptors (Lipinski definition) is 4. The summed E-state index contributed by atoms with van der Waals surface area (Å²) in [5, 5.41) is 6.26. The van der Waals surface area contributed by atoms with Gasteiger partial charge in [0.1, 0.15) is 0 Å². The number of unbranched alkanes of at least 4 members (excludes halogenated alkanes) is 1. The average molecular weight is 222 g/mol. The summed E-state index contributed by atoms with van der Waals surface area (Å²) in [6, 6.07) is 1.99. The van der Waals surface area contributed by atoms with Crippen LogP contribution in [0.5, 0.6) is 0 Å². The summed E-state index contributed by atoms with van der Waals surface area (Å²) in [7, 11) is 1.85. The minimum Gasteiger partial charge on any atom is -0.387 e. The number of pyridine rings is 1. The van der Waals surface area contributed by atoms with Crippen LogP contribution in [0.4, 0.5) is 11.4 Å². The van der Waals surface area contributed by atoms with Crippen molar-refractivity contribution in [1.29, 1.82) is 0 Å². The highest BCUT2D eigenvalue weighted by Gasteiger charge is 1.96. The third kappa shape index (κ3) is 4.63. The lowest BCUT2D eigenvalue weighted by Crippen LogP contribution is -2.11. The molecule has 0 aliphatic carbocycles. The maximum absolute atomic E-state index is 10.5. The van der Waals surface area contributed by atoms with Crippen molar-refractivity contribution in [3.63, 3.8) is 0 Å². The van der Waals surface area contributed by atoms with Gasteiger partial charge in [0.25, 0.3) is 0 Å². The summed E-state index contributed by atoms with van der Waals surface area (Å²) in [6.45, 7) is 0.822. The van der Waals surface area contributed by atoms with Gasteiger partial charge >= 0.3 is 0 Å². The predicted molar refractivity (Wildman–Crippen MR) is 65.3 cm³/mol. The lowest BCUT2D eigenvalue weighted by atomic mass is 10.2. The van der Waals surface area contributed by atoms with E-state index in [0.717, 1.165) is 30.8 Å². The largest absolute Gasteiger partial charge is 0.387 e. The fourth-order valence-electron chi connectivity index (χ4n) is 1.33. The minimum absolute atomic E-state index is 0.237. The molecular formula is C11H18N4O. The van der Waals surface area contributed by atoms with Gasteiger partial charge in [-0.15, -0.1) is 0 Å². The fourth-order valence-corrected chi connectivity index (χ4v) is 1.33. The molecule has 5 heteroatoms. The second-order valence-corrected chi connectivity index (χ2v) is 3.56. The fraction of sp³-hybridized carbons (Fsp3) is 0.455. The van der Waals surface area contributed by atoms with Gasteiger partial charge in [-0.25, -0.2) is 0 Å². The normalized spacial score (nSPS) is 9.81. The third-order valence-corrected chi connectivity index (χ3v) is 2.21. The molecule has 4 N–H and O–H groups in total. The van der Waals surface area contributed by atoms with Crippen LogP contribution in [0.3, 0.4) is 0 Å². The van der Waals surface area contributed by atoms with E-state index in [2.05, 4.69) is 15.6 Å². The highest BCUT2D eigenvalue weighted by molar-refractivity contribution is 5.73. The molecule has 0 aromatic carbocycles. The van der Waals surface area contributed by atoms with Crippen molar-refractivity contribution in [1.82, 2.24) is 4.98 Å². The highest BCUT2D eigenvalue weighted by atomic mass is 16.1. The van der Waals surface area contributed by atoms with Crippen LogP contribution < -0.4 is 16.4 Å². The van der Waals surface area contributed by atoms with E-state index in [0.29, 0.717) is 6.42 Å². The number of nitrogens with one attached hydrogen (secondary N) is 2. The van der Waals surface area contributed by atoms with Crippen molar-refractivity contribution in [3.05, 3.63) is 18.5 Å². The smallest absolute Gasteiger partial charge is 0.217 e. The van der Waals surface area contributed by atoms with Crippen LogP contribution >= 0.6 is 0 Å². The first-order chi connectivity index (χ1) is 7.72. The highest BCUT2D eigenvalue weighted by Crippen LogP contribution is 2.12. The number of amides is 1. The number of primary amides is 1. The molecule has 0 unspecified atom stereocenters. The Morgan fingerprint density at radius 3 is 2.81 bits per heavy atom. The molecule has 1 aromatic heterocycles. The van der Waals surface area contributed by atoms with Crippen LogP contribution in [0.25, 0.3) is 0 Å². The lowest BCUT2D eigenvalue weighted by molar-refractivity contribution is -0.118. The summed E-state index contributed by atoms with van der Waals surface area (Å²) < 4.78 is 0. The van der Waals surface area contributed by atoms with Crippen LogP contribution in [0.15, 0.2) is 18.5 Å². The van der Waals surface area contributed by atoms with Crippen LogP contribution in [0, 0.1) is 0 Å². The number of nitrogens with two attached hydrogens (primary N) is 1. The van der Waals surface area contributed by atoms with Crippen molar-refractivity contribution in [2.45, 2.75) is 19.3 Å². The lowest BCUT2D eigenvalue weighted by Gasteiger charge is -2.07. The molecule has 0 bridgehead atoms. The zero-order valence-electron chi connectivity index (χ0n) is 9.49. The summed E-state index contributed by atoms with van der Waals surface area (Å²) in [6.07, 6.45) is 5.73. The van der Waals surface area contributed by atoms with Crippen molar-refractivity contribution in [2.24, 2.45) is 5.73 Å². The molecule has 88 valence electrons. The van der Waals surface area contributed by atoms with E-state index in [1.807, 2.05) is 13.1 Å². The topological polar surface area (TPSA) is 80.0 Å². The van der Waals surface area contributed by atoms with Gasteiger partial charge in [-0.3, -0.25) is 9.78 Å². The summed E-state index contributed by atoms with van der Waals surface area (Å²) in [5.41, 5.74) is 7.00. The molecule has 0 radical (unpaired) electrons. The van der Waals surface area contributed by atoms with E-state index >= 15 is 0 Å². The van der Waals surface area contributed by atoms with Gasteiger partial charge in [0.05, 0.1) is 23.8 Å². The maximum atomic E-state index is 10.5. The molecule has 1 aromatic rings. The van der Waals surface area contributed by atoms with Gasteiger partial charge in [-0.1, -0.05) is 0 Å². The van der Waals surface area contributed by atoms with Crippen molar-refractivity contribution in [3.8, 4) is 0 Å². The zero-order valence-corrected chi connectivity index (χ0v) is 9.49. The number of hydrogen-bond donors (Lipinski definition) is 3. The molecule has 1 rings (SSSR count). The minimum atomic E-state index is -0.237. The molecular weight excluding hydrogens is 204 g/mol. The van der Waals surface area contributed by atoms with Crippen LogP contribution in [-0.4, -0.2) is 24.5 Å². The average Bonchev–Trinajstić information content (AvgIpc) is 2.28. The Labute approximate surface area is 95.4 Å². The Balaban J connectivity index is 2.23. The van der Waals surface area contributed by atoms with Gasteiger partial charge in [0.15, 0.2) is 0 Å². The van der Waals surface area contributed by atoms with Crippen LogP contribution in [-0.2, 0) is 4.79 Å². The van der Waals surface area contributed by atoms with Gasteiger partial charge < -0.3 is 16.4 Å². The van der Waals surface area contributed by atoms with E-state index in [-0.39, 0.29) is 5.91 Å². The first-order valence-corrected chi connectivity index (χ1v) is 5.37.